The summed E-state index contributed by atoms with van der Waals surface area (Å²) in [6.45, 7) is 5.15. The van der Waals surface area contributed by atoms with Crippen molar-refractivity contribution < 1.29 is 9.84 Å². The van der Waals surface area contributed by atoms with Crippen LogP contribution in [0.15, 0.2) is 30.3 Å². The Labute approximate surface area is 125 Å². The number of aliphatic hydroxyl groups is 1. The van der Waals surface area contributed by atoms with Crippen LogP contribution in [0.3, 0.4) is 0 Å². The molecule has 3 atom stereocenters. The Bertz CT molecular complexity index is 477. The van der Waals surface area contributed by atoms with E-state index in [2.05, 4.69) is 25.7 Å². The van der Waals surface area contributed by atoms with Crippen LogP contribution in [0.25, 0.3) is 0 Å². The topological polar surface area (TPSA) is 29.5 Å². The molecule has 1 N–H and O–H groups in total. The Morgan fingerprint density at radius 2 is 2.10 bits per heavy atom. The zero-order valence-electron chi connectivity index (χ0n) is 12.1. The van der Waals surface area contributed by atoms with Crippen LogP contribution in [0.4, 0.5) is 0 Å². The van der Waals surface area contributed by atoms with Crippen LogP contribution in [-0.2, 0) is 11.3 Å². The van der Waals surface area contributed by atoms with E-state index in [0.717, 1.165) is 17.7 Å². The SMILES string of the molecule is CC1CC(O)(C#CCOCc2ccccc2)C(C)CS1. The highest BCUT2D eigenvalue weighted by Gasteiger charge is 2.37. The fourth-order valence-corrected chi connectivity index (χ4v) is 3.57. The molecular weight excluding hydrogens is 268 g/mol. The summed E-state index contributed by atoms with van der Waals surface area (Å²) in [4.78, 5) is 0. The first-order valence-corrected chi connectivity index (χ1v) is 8.11. The van der Waals surface area contributed by atoms with Crippen molar-refractivity contribution in [3.63, 3.8) is 0 Å². The van der Waals surface area contributed by atoms with Crippen molar-refractivity contribution in [2.45, 2.75) is 37.7 Å². The molecule has 3 heteroatoms. The molecule has 0 spiro atoms. The van der Waals surface area contributed by atoms with Crippen LogP contribution >= 0.6 is 11.8 Å². The van der Waals surface area contributed by atoms with E-state index < -0.39 is 5.60 Å². The Kier molecular flexibility index (Phi) is 5.54. The zero-order valence-corrected chi connectivity index (χ0v) is 13.0. The Hall–Kier alpha value is -0.950. The van der Waals surface area contributed by atoms with E-state index in [0.29, 0.717) is 18.5 Å². The second-order valence-corrected chi connectivity index (χ2v) is 6.92. The standard InChI is InChI=1S/C17H22O2S/c1-14-13-20-15(2)11-17(14,18)9-6-10-19-12-16-7-4-3-5-8-16/h3-5,7-8,14-15,18H,10-13H2,1-2H3. The molecule has 20 heavy (non-hydrogen) atoms. The van der Waals surface area contributed by atoms with Gasteiger partial charge in [0.1, 0.15) is 12.2 Å². The van der Waals surface area contributed by atoms with Gasteiger partial charge in [0.2, 0.25) is 0 Å². The van der Waals surface area contributed by atoms with E-state index in [-0.39, 0.29) is 5.92 Å². The maximum Gasteiger partial charge on any atom is 0.129 e. The summed E-state index contributed by atoms with van der Waals surface area (Å²) in [6, 6.07) is 10.0. The van der Waals surface area contributed by atoms with E-state index in [4.69, 9.17) is 4.74 Å². The highest BCUT2D eigenvalue weighted by Crippen LogP contribution is 2.36. The molecule has 0 radical (unpaired) electrons. The third-order valence-electron chi connectivity index (χ3n) is 3.64. The molecule has 1 aromatic carbocycles. The van der Waals surface area contributed by atoms with Crippen LogP contribution < -0.4 is 0 Å². The van der Waals surface area contributed by atoms with E-state index in [1.165, 1.54) is 0 Å². The first kappa shape index (κ1) is 15.4. The number of thioether (sulfide) groups is 1. The van der Waals surface area contributed by atoms with Crippen molar-refractivity contribution in [2.75, 3.05) is 12.4 Å². The van der Waals surface area contributed by atoms with Gasteiger partial charge in [0.25, 0.3) is 0 Å². The van der Waals surface area contributed by atoms with Gasteiger partial charge in [-0.15, -0.1) is 0 Å². The molecule has 0 bridgehead atoms. The van der Waals surface area contributed by atoms with Crippen molar-refractivity contribution in [3.8, 4) is 11.8 Å². The fourth-order valence-electron chi connectivity index (χ4n) is 2.30. The minimum absolute atomic E-state index is 0.213. The highest BCUT2D eigenvalue weighted by molar-refractivity contribution is 7.99. The molecule has 108 valence electrons. The lowest BCUT2D eigenvalue weighted by atomic mass is 9.86. The Balaban J connectivity index is 1.81. The minimum Gasteiger partial charge on any atom is -0.377 e. The monoisotopic (exact) mass is 290 g/mol. The van der Waals surface area contributed by atoms with Crippen LogP contribution in [0.1, 0.15) is 25.8 Å². The summed E-state index contributed by atoms with van der Waals surface area (Å²) in [6.07, 6.45) is 0.741. The molecule has 0 saturated carbocycles. The van der Waals surface area contributed by atoms with E-state index in [1.807, 2.05) is 42.1 Å². The van der Waals surface area contributed by atoms with Crippen molar-refractivity contribution >= 4 is 11.8 Å². The van der Waals surface area contributed by atoms with Crippen molar-refractivity contribution in [1.82, 2.24) is 0 Å². The van der Waals surface area contributed by atoms with Crippen molar-refractivity contribution in [3.05, 3.63) is 35.9 Å². The maximum absolute atomic E-state index is 10.6. The van der Waals surface area contributed by atoms with Crippen LogP contribution in [0, 0.1) is 17.8 Å². The number of ether oxygens (including phenoxy) is 1. The molecular formula is C17H22O2S. The lowest BCUT2D eigenvalue weighted by Crippen LogP contribution is -2.42. The lowest BCUT2D eigenvalue weighted by molar-refractivity contribution is 0.0426. The minimum atomic E-state index is -0.846. The number of hydrogen-bond donors (Lipinski definition) is 1. The molecule has 1 fully saturated rings. The first-order valence-electron chi connectivity index (χ1n) is 7.06. The van der Waals surface area contributed by atoms with Gasteiger partial charge in [0.15, 0.2) is 0 Å². The normalized spacial score (nSPS) is 29.6. The van der Waals surface area contributed by atoms with Gasteiger partial charge in [-0.2, -0.15) is 11.8 Å². The Morgan fingerprint density at radius 3 is 2.85 bits per heavy atom. The van der Waals surface area contributed by atoms with Crippen LogP contribution in [0.2, 0.25) is 0 Å². The molecule has 1 aliphatic rings. The summed E-state index contributed by atoms with van der Waals surface area (Å²) < 4.78 is 5.53. The highest BCUT2D eigenvalue weighted by atomic mass is 32.2. The number of benzene rings is 1. The predicted octanol–water partition coefficient (Wildman–Crippen LogP) is 3.10. The molecule has 1 saturated heterocycles. The summed E-state index contributed by atoms with van der Waals surface area (Å²) in [5.41, 5.74) is 0.296. The van der Waals surface area contributed by atoms with Gasteiger partial charge in [0, 0.05) is 11.2 Å². The second kappa shape index (κ2) is 7.17. The molecule has 3 unspecified atom stereocenters. The number of rotatable bonds is 3. The third kappa shape index (κ3) is 4.28. The average Bonchev–Trinajstić information content (AvgIpc) is 2.44. The first-order chi connectivity index (χ1) is 9.60. The van der Waals surface area contributed by atoms with Gasteiger partial charge >= 0.3 is 0 Å². The molecule has 0 aliphatic carbocycles. The van der Waals surface area contributed by atoms with Gasteiger partial charge in [-0.25, -0.2) is 0 Å². The third-order valence-corrected chi connectivity index (χ3v) is 5.06. The van der Waals surface area contributed by atoms with Gasteiger partial charge in [0.05, 0.1) is 6.61 Å². The van der Waals surface area contributed by atoms with Crippen LogP contribution in [0.5, 0.6) is 0 Å². The molecule has 1 aliphatic heterocycles. The van der Waals surface area contributed by atoms with Crippen molar-refractivity contribution in [2.24, 2.45) is 5.92 Å². The molecule has 2 nitrogen and oxygen atoms in total. The summed E-state index contributed by atoms with van der Waals surface area (Å²) in [5.74, 6) is 7.20. The van der Waals surface area contributed by atoms with E-state index >= 15 is 0 Å². The largest absolute Gasteiger partial charge is 0.377 e. The van der Waals surface area contributed by atoms with Gasteiger partial charge < -0.3 is 9.84 Å². The molecule has 0 amide bonds. The summed E-state index contributed by atoms with van der Waals surface area (Å²) in [7, 11) is 0. The van der Waals surface area contributed by atoms with Gasteiger partial charge in [-0.1, -0.05) is 56.0 Å². The molecule has 2 rings (SSSR count). The predicted molar refractivity (Wildman–Crippen MR) is 84.5 cm³/mol. The molecule has 0 aromatic heterocycles. The quantitative estimate of drug-likeness (QED) is 0.685. The zero-order chi connectivity index (χ0) is 14.4. The number of hydrogen-bond acceptors (Lipinski definition) is 3. The maximum atomic E-state index is 10.6. The van der Waals surface area contributed by atoms with Crippen molar-refractivity contribution in [1.29, 1.82) is 0 Å². The lowest BCUT2D eigenvalue weighted by Gasteiger charge is -2.36. The van der Waals surface area contributed by atoms with E-state index in [1.54, 1.807) is 0 Å². The van der Waals surface area contributed by atoms with Crippen LogP contribution in [-0.4, -0.2) is 28.3 Å². The smallest absolute Gasteiger partial charge is 0.129 e. The van der Waals surface area contributed by atoms with Gasteiger partial charge in [-0.3, -0.25) is 0 Å². The summed E-state index contributed by atoms with van der Waals surface area (Å²) in [5, 5.41) is 11.1. The van der Waals surface area contributed by atoms with Gasteiger partial charge in [-0.05, 0) is 17.7 Å². The van der Waals surface area contributed by atoms with E-state index in [9.17, 15) is 5.11 Å². The fraction of sp³-hybridized carbons (Fsp3) is 0.529. The Morgan fingerprint density at radius 1 is 1.35 bits per heavy atom. The molecule has 1 aromatic rings. The second-order valence-electron chi connectivity index (χ2n) is 5.45. The molecule has 1 heterocycles. The summed E-state index contributed by atoms with van der Waals surface area (Å²) >= 11 is 1.91. The average molecular weight is 290 g/mol.